The van der Waals surface area contributed by atoms with Crippen molar-refractivity contribution in [2.75, 3.05) is 11.9 Å². The summed E-state index contributed by atoms with van der Waals surface area (Å²) in [7, 11) is 0. The van der Waals surface area contributed by atoms with Gasteiger partial charge in [-0.25, -0.2) is 15.0 Å². The standard InChI is InChI=1S/C14H15N5/c1-2-8-15-13-11-14(17-9-16-11)19-12(18-13)10-6-4-3-5-7-10/h3-7,9H,2,8H2,1H3,(H2,15,16,17,18,19). The van der Waals surface area contributed by atoms with E-state index in [4.69, 9.17) is 0 Å². The SMILES string of the molecule is CCCNc1nc(-c2ccccc2)nc2nc[nH]c12. The zero-order valence-electron chi connectivity index (χ0n) is 10.7. The molecule has 0 radical (unpaired) electrons. The highest BCUT2D eigenvalue weighted by Gasteiger charge is 2.10. The number of hydrogen-bond donors (Lipinski definition) is 2. The van der Waals surface area contributed by atoms with Crippen molar-refractivity contribution >= 4 is 17.0 Å². The zero-order chi connectivity index (χ0) is 13.1. The first kappa shape index (κ1) is 11.6. The van der Waals surface area contributed by atoms with Gasteiger partial charge in [0.1, 0.15) is 5.52 Å². The molecule has 3 aromatic rings. The van der Waals surface area contributed by atoms with Gasteiger partial charge in [-0.1, -0.05) is 37.3 Å². The van der Waals surface area contributed by atoms with Crippen molar-refractivity contribution < 1.29 is 0 Å². The number of benzene rings is 1. The van der Waals surface area contributed by atoms with Gasteiger partial charge in [0.25, 0.3) is 0 Å². The van der Waals surface area contributed by atoms with E-state index in [1.807, 2.05) is 30.3 Å². The first-order chi connectivity index (χ1) is 9.38. The van der Waals surface area contributed by atoms with Crippen LogP contribution in [0.3, 0.4) is 0 Å². The molecule has 2 aromatic heterocycles. The Bertz CT molecular complexity index is 675. The number of anilines is 1. The van der Waals surface area contributed by atoms with Crippen LogP contribution in [0.4, 0.5) is 5.82 Å². The molecule has 0 atom stereocenters. The van der Waals surface area contributed by atoms with Crippen molar-refractivity contribution in [3.8, 4) is 11.4 Å². The molecule has 5 nitrogen and oxygen atoms in total. The molecule has 96 valence electrons. The molecule has 0 saturated carbocycles. The molecule has 0 unspecified atom stereocenters. The second-order valence-corrected chi connectivity index (χ2v) is 4.29. The fourth-order valence-corrected chi connectivity index (χ4v) is 1.92. The molecule has 0 aliphatic heterocycles. The van der Waals surface area contributed by atoms with Crippen LogP contribution in [-0.4, -0.2) is 26.5 Å². The summed E-state index contributed by atoms with van der Waals surface area (Å²) in [5, 5.41) is 3.31. The fourth-order valence-electron chi connectivity index (χ4n) is 1.92. The molecule has 2 heterocycles. The van der Waals surface area contributed by atoms with Gasteiger partial charge in [-0.2, -0.15) is 0 Å². The van der Waals surface area contributed by atoms with Gasteiger partial charge < -0.3 is 10.3 Å². The number of imidazole rings is 1. The van der Waals surface area contributed by atoms with Gasteiger partial charge in [0.15, 0.2) is 17.3 Å². The molecule has 2 N–H and O–H groups in total. The van der Waals surface area contributed by atoms with E-state index in [1.54, 1.807) is 6.33 Å². The third kappa shape index (κ3) is 2.27. The highest BCUT2D eigenvalue weighted by molar-refractivity contribution is 5.84. The lowest BCUT2D eigenvalue weighted by molar-refractivity contribution is 0.969. The average molecular weight is 253 g/mol. The van der Waals surface area contributed by atoms with Crippen LogP contribution >= 0.6 is 0 Å². The molecule has 0 saturated heterocycles. The second-order valence-electron chi connectivity index (χ2n) is 4.29. The van der Waals surface area contributed by atoms with E-state index in [1.165, 1.54) is 0 Å². The molecule has 19 heavy (non-hydrogen) atoms. The summed E-state index contributed by atoms with van der Waals surface area (Å²) < 4.78 is 0. The summed E-state index contributed by atoms with van der Waals surface area (Å²) in [6.45, 7) is 3.00. The first-order valence-electron chi connectivity index (χ1n) is 6.39. The quantitative estimate of drug-likeness (QED) is 0.750. The van der Waals surface area contributed by atoms with Crippen molar-refractivity contribution in [2.45, 2.75) is 13.3 Å². The maximum absolute atomic E-state index is 4.59. The zero-order valence-corrected chi connectivity index (χ0v) is 10.7. The molecular formula is C14H15N5. The number of H-pyrrole nitrogens is 1. The maximum atomic E-state index is 4.59. The Morgan fingerprint density at radius 3 is 2.79 bits per heavy atom. The molecule has 0 amide bonds. The molecule has 0 bridgehead atoms. The number of aromatic amines is 1. The Labute approximate surface area is 111 Å². The van der Waals surface area contributed by atoms with Crippen molar-refractivity contribution in [1.82, 2.24) is 19.9 Å². The number of hydrogen-bond acceptors (Lipinski definition) is 4. The van der Waals surface area contributed by atoms with Crippen LogP contribution in [0.5, 0.6) is 0 Å². The Hall–Kier alpha value is -2.43. The summed E-state index contributed by atoms with van der Waals surface area (Å²) in [5.41, 5.74) is 2.53. The minimum atomic E-state index is 0.687. The first-order valence-corrected chi connectivity index (χ1v) is 6.39. The third-order valence-corrected chi connectivity index (χ3v) is 2.86. The Morgan fingerprint density at radius 2 is 2.00 bits per heavy atom. The minimum Gasteiger partial charge on any atom is -0.368 e. The summed E-state index contributed by atoms with van der Waals surface area (Å²) in [6, 6.07) is 9.93. The lowest BCUT2D eigenvalue weighted by Gasteiger charge is -2.07. The average Bonchev–Trinajstić information content (AvgIpc) is 2.94. The van der Waals surface area contributed by atoms with Crippen LogP contribution in [0.25, 0.3) is 22.6 Å². The van der Waals surface area contributed by atoms with Gasteiger partial charge >= 0.3 is 0 Å². The number of rotatable bonds is 4. The van der Waals surface area contributed by atoms with Crippen molar-refractivity contribution in [3.63, 3.8) is 0 Å². The smallest absolute Gasteiger partial charge is 0.183 e. The molecule has 3 rings (SSSR count). The van der Waals surface area contributed by atoms with Gasteiger partial charge in [-0.15, -0.1) is 0 Å². The second kappa shape index (κ2) is 5.06. The number of fused-ring (bicyclic) bond motifs is 1. The van der Waals surface area contributed by atoms with Crippen molar-refractivity contribution in [3.05, 3.63) is 36.7 Å². The molecule has 0 aliphatic rings. The van der Waals surface area contributed by atoms with E-state index in [9.17, 15) is 0 Å². The summed E-state index contributed by atoms with van der Waals surface area (Å²) in [4.78, 5) is 16.4. The molecular weight excluding hydrogens is 238 g/mol. The molecule has 0 fully saturated rings. The summed E-state index contributed by atoms with van der Waals surface area (Å²) in [6.07, 6.45) is 2.69. The van der Waals surface area contributed by atoms with Crippen LogP contribution in [0.2, 0.25) is 0 Å². The van der Waals surface area contributed by atoms with E-state index in [2.05, 4.69) is 32.2 Å². The van der Waals surface area contributed by atoms with Gasteiger partial charge in [-0.05, 0) is 6.42 Å². The molecule has 5 heteroatoms. The van der Waals surface area contributed by atoms with E-state index in [0.29, 0.717) is 11.5 Å². The maximum Gasteiger partial charge on any atom is 0.183 e. The monoisotopic (exact) mass is 253 g/mol. The Kier molecular flexibility index (Phi) is 3.10. The predicted octanol–water partition coefficient (Wildman–Crippen LogP) is 2.84. The molecule has 0 spiro atoms. The largest absolute Gasteiger partial charge is 0.368 e. The van der Waals surface area contributed by atoms with Crippen LogP contribution in [0, 0.1) is 0 Å². The number of nitrogens with one attached hydrogen (secondary N) is 2. The van der Waals surface area contributed by atoms with Crippen LogP contribution < -0.4 is 5.32 Å². The van der Waals surface area contributed by atoms with Gasteiger partial charge in [0, 0.05) is 12.1 Å². The predicted molar refractivity (Wildman–Crippen MR) is 75.9 cm³/mol. The fraction of sp³-hybridized carbons (Fsp3) is 0.214. The summed E-state index contributed by atoms with van der Waals surface area (Å²) >= 11 is 0. The molecule has 0 aliphatic carbocycles. The van der Waals surface area contributed by atoms with E-state index < -0.39 is 0 Å². The van der Waals surface area contributed by atoms with Crippen LogP contribution in [-0.2, 0) is 0 Å². The topological polar surface area (TPSA) is 66.5 Å². The van der Waals surface area contributed by atoms with Gasteiger partial charge in [0.05, 0.1) is 6.33 Å². The number of aromatic nitrogens is 4. The van der Waals surface area contributed by atoms with Crippen LogP contribution in [0.15, 0.2) is 36.7 Å². The highest BCUT2D eigenvalue weighted by Crippen LogP contribution is 2.22. The van der Waals surface area contributed by atoms with Crippen LogP contribution in [0.1, 0.15) is 13.3 Å². The molecule has 1 aromatic carbocycles. The van der Waals surface area contributed by atoms with E-state index in [-0.39, 0.29) is 0 Å². The highest BCUT2D eigenvalue weighted by atomic mass is 15.1. The Morgan fingerprint density at radius 1 is 1.16 bits per heavy atom. The van der Waals surface area contributed by atoms with Crippen molar-refractivity contribution in [1.29, 1.82) is 0 Å². The van der Waals surface area contributed by atoms with E-state index in [0.717, 1.165) is 29.9 Å². The van der Waals surface area contributed by atoms with Gasteiger partial charge in [0.2, 0.25) is 0 Å². The normalized spacial score (nSPS) is 10.8. The number of nitrogens with zero attached hydrogens (tertiary/aromatic N) is 3. The lowest BCUT2D eigenvalue weighted by Crippen LogP contribution is -2.04. The summed E-state index contributed by atoms with van der Waals surface area (Å²) in [5.74, 6) is 1.50. The van der Waals surface area contributed by atoms with Gasteiger partial charge in [-0.3, -0.25) is 0 Å². The van der Waals surface area contributed by atoms with Crippen molar-refractivity contribution in [2.24, 2.45) is 0 Å². The van der Waals surface area contributed by atoms with E-state index >= 15 is 0 Å². The Balaban J connectivity index is 2.11. The lowest BCUT2D eigenvalue weighted by atomic mass is 10.2. The third-order valence-electron chi connectivity index (χ3n) is 2.86. The minimum absolute atomic E-state index is 0.687.